The van der Waals surface area contributed by atoms with E-state index in [9.17, 15) is 9.90 Å². The average Bonchev–Trinajstić information content (AvgIpc) is 3.06. The van der Waals surface area contributed by atoms with Crippen LogP contribution in [0.1, 0.15) is 84.5 Å². The van der Waals surface area contributed by atoms with E-state index in [1.807, 2.05) is 6.08 Å². The molecule has 4 aliphatic rings. The Labute approximate surface area is 178 Å². The van der Waals surface area contributed by atoms with E-state index in [2.05, 4.69) is 26.5 Å². The molecule has 4 aliphatic carbocycles. The molecule has 2 nitrogen and oxygen atoms in total. The lowest BCUT2D eigenvalue weighted by Crippen LogP contribution is -2.57. The SMILES string of the molecule is C=C[C@H](CC/C=C/C=O)[C@H]1CC[C@H]2[C@H]3C(CC[C@]12C)[C@@]1(C)CCCC[C@H]1C[C@H]3O. The van der Waals surface area contributed by atoms with Gasteiger partial charge in [-0.2, -0.15) is 0 Å². The first-order chi connectivity index (χ1) is 14.0. The quantitative estimate of drug-likeness (QED) is 0.322. The fourth-order valence-electron chi connectivity index (χ4n) is 8.92. The van der Waals surface area contributed by atoms with Gasteiger partial charge in [0.25, 0.3) is 0 Å². The Morgan fingerprint density at radius 2 is 1.86 bits per heavy atom. The summed E-state index contributed by atoms with van der Waals surface area (Å²) >= 11 is 0. The largest absolute Gasteiger partial charge is 0.393 e. The molecule has 4 fully saturated rings. The summed E-state index contributed by atoms with van der Waals surface area (Å²) in [6, 6.07) is 0. The first kappa shape index (κ1) is 21.3. The smallest absolute Gasteiger partial charge is 0.142 e. The normalized spacial score (nSPS) is 47.8. The summed E-state index contributed by atoms with van der Waals surface area (Å²) in [6.07, 6.45) is 20.4. The van der Waals surface area contributed by atoms with Gasteiger partial charge in [-0.15, -0.1) is 6.58 Å². The van der Waals surface area contributed by atoms with Crippen LogP contribution < -0.4 is 0 Å². The monoisotopic (exact) mass is 398 g/mol. The van der Waals surface area contributed by atoms with Crippen molar-refractivity contribution in [3.8, 4) is 0 Å². The second-order valence-corrected chi connectivity index (χ2v) is 11.3. The molecular formula is C27H42O2. The first-order valence-corrected chi connectivity index (χ1v) is 12.4. The third-order valence-corrected chi connectivity index (χ3v) is 10.4. The molecule has 0 spiro atoms. The number of allylic oxidation sites excluding steroid dienone is 3. The van der Waals surface area contributed by atoms with Crippen LogP contribution in [0.15, 0.2) is 24.8 Å². The lowest BCUT2D eigenvalue weighted by atomic mass is 9.44. The summed E-state index contributed by atoms with van der Waals surface area (Å²) < 4.78 is 0. The minimum absolute atomic E-state index is 0.0859. The van der Waals surface area contributed by atoms with E-state index in [-0.39, 0.29) is 6.10 Å². The second kappa shape index (κ2) is 8.33. The summed E-state index contributed by atoms with van der Waals surface area (Å²) in [5, 5.41) is 11.3. The van der Waals surface area contributed by atoms with Gasteiger partial charge >= 0.3 is 0 Å². The number of aliphatic hydroxyl groups is 1. The molecule has 0 aromatic heterocycles. The summed E-state index contributed by atoms with van der Waals surface area (Å²) in [5.41, 5.74) is 0.812. The number of aldehydes is 1. The van der Waals surface area contributed by atoms with Crippen molar-refractivity contribution in [2.75, 3.05) is 0 Å². The Hall–Kier alpha value is -0.890. The van der Waals surface area contributed by atoms with Crippen molar-refractivity contribution in [3.05, 3.63) is 24.8 Å². The maximum Gasteiger partial charge on any atom is 0.142 e. The third-order valence-electron chi connectivity index (χ3n) is 10.4. The summed E-state index contributed by atoms with van der Waals surface area (Å²) in [7, 11) is 0. The number of aliphatic hydroxyl groups excluding tert-OH is 1. The molecule has 0 bridgehead atoms. The van der Waals surface area contributed by atoms with Gasteiger partial charge in [0, 0.05) is 0 Å². The molecule has 1 unspecified atom stereocenters. The Bertz CT molecular complexity index is 638. The molecule has 0 aromatic rings. The molecule has 0 heterocycles. The van der Waals surface area contributed by atoms with Gasteiger partial charge < -0.3 is 5.11 Å². The number of hydrogen-bond donors (Lipinski definition) is 1. The molecular weight excluding hydrogens is 356 g/mol. The highest BCUT2D eigenvalue weighted by Crippen LogP contribution is 2.68. The van der Waals surface area contributed by atoms with Crippen LogP contribution in [0.3, 0.4) is 0 Å². The van der Waals surface area contributed by atoms with E-state index in [1.165, 1.54) is 51.4 Å². The van der Waals surface area contributed by atoms with Crippen molar-refractivity contribution in [3.63, 3.8) is 0 Å². The van der Waals surface area contributed by atoms with Gasteiger partial charge in [-0.1, -0.05) is 38.8 Å². The molecule has 0 aromatic carbocycles. The highest BCUT2D eigenvalue weighted by molar-refractivity contribution is 5.64. The Morgan fingerprint density at radius 1 is 1.07 bits per heavy atom. The fourth-order valence-corrected chi connectivity index (χ4v) is 8.92. The van der Waals surface area contributed by atoms with Crippen LogP contribution in [0.2, 0.25) is 0 Å². The zero-order chi connectivity index (χ0) is 20.6. The molecule has 0 radical (unpaired) electrons. The predicted molar refractivity (Wildman–Crippen MR) is 119 cm³/mol. The zero-order valence-electron chi connectivity index (χ0n) is 18.7. The van der Waals surface area contributed by atoms with Crippen LogP contribution in [-0.4, -0.2) is 17.5 Å². The molecule has 4 saturated carbocycles. The third kappa shape index (κ3) is 3.48. The van der Waals surface area contributed by atoms with Crippen molar-refractivity contribution in [2.45, 2.75) is 90.6 Å². The van der Waals surface area contributed by atoms with Crippen LogP contribution in [0.4, 0.5) is 0 Å². The number of carbonyl (C=O) groups excluding carboxylic acids is 1. The number of fused-ring (bicyclic) bond motifs is 5. The summed E-state index contributed by atoms with van der Waals surface area (Å²) in [6.45, 7) is 9.32. The van der Waals surface area contributed by atoms with Crippen LogP contribution in [-0.2, 0) is 4.79 Å². The zero-order valence-corrected chi connectivity index (χ0v) is 18.7. The van der Waals surface area contributed by atoms with Gasteiger partial charge in [0.2, 0.25) is 0 Å². The molecule has 2 heteroatoms. The van der Waals surface area contributed by atoms with Crippen molar-refractivity contribution in [1.82, 2.24) is 0 Å². The Morgan fingerprint density at radius 3 is 2.62 bits per heavy atom. The van der Waals surface area contributed by atoms with Crippen molar-refractivity contribution in [2.24, 2.45) is 46.3 Å². The topological polar surface area (TPSA) is 37.3 Å². The Balaban J connectivity index is 1.55. The van der Waals surface area contributed by atoms with Gasteiger partial charge in [0.15, 0.2) is 0 Å². The van der Waals surface area contributed by atoms with Gasteiger partial charge in [0.05, 0.1) is 6.10 Å². The molecule has 0 amide bonds. The van der Waals surface area contributed by atoms with Crippen LogP contribution >= 0.6 is 0 Å². The van der Waals surface area contributed by atoms with Gasteiger partial charge in [-0.05, 0) is 110 Å². The van der Waals surface area contributed by atoms with E-state index in [4.69, 9.17) is 0 Å². The summed E-state index contributed by atoms with van der Waals surface area (Å²) in [4.78, 5) is 10.6. The molecule has 0 aliphatic heterocycles. The number of carbonyl (C=O) groups is 1. The molecule has 162 valence electrons. The maximum absolute atomic E-state index is 11.3. The van der Waals surface area contributed by atoms with Gasteiger partial charge in [0.1, 0.15) is 6.29 Å². The molecule has 0 saturated heterocycles. The lowest BCUT2D eigenvalue weighted by molar-refractivity contribution is -0.164. The van der Waals surface area contributed by atoms with Gasteiger partial charge in [-0.25, -0.2) is 0 Å². The van der Waals surface area contributed by atoms with E-state index >= 15 is 0 Å². The number of rotatable bonds is 6. The van der Waals surface area contributed by atoms with Crippen LogP contribution in [0.25, 0.3) is 0 Å². The Kier molecular flexibility index (Phi) is 6.13. The van der Waals surface area contributed by atoms with E-state index in [0.717, 1.165) is 37.4 Å². The van der Waals surface area contributed by atoms with Gasteiger partial charge in [-0.3, -0.25) is 4.79 Å². The van der Waals surface area contributed by atoms with E-state index in [1.54, 1.807) is 6.08 Å². The van der Waals surface area contributed by atoms with Crippen molar-refractivity contribution in [1.29, 1.82) is 0 Å². The summed E-state index contributed by atoms with van der Waals surface area (Å²) in [5.74, 6) is 3.87. The van der Waals surface area contributed by atoms with Crippen LogP contribution in [0.5, 0.6) is 0 Å². The predicted octanol–water partition coefficient (Wildman–Crippen LogP) is 6.34. The average molecular weight is 399 g/mol. The highest BCUT2D eigenvalue weighted by atomic mass is 16.3. The molecule has 4 rings (SSSR count). The van der Waals surface area contributed by atoms with E-state index in [0.29, 0.717) is 34.5 Å². The minimum Gasteiger partial charge on any atom is -0.393 e. The highest BCUT2D eigenvalue weighted by Gasteiger charge is 2.62. The standard InChI is InChI=1S/C27H42O2/c1-4-19(10-6-5-9-17-28)21-12-13-22-25-23(14-16-27(21,22)3)26(2)15-8-7-11-20(26)18-24(25)29/h4-5,9,17,19-25,29H,1,6-8,10-16,18H2,2-3H3/b9-5+/t19-,20+,21-,22+,23?,24-,25+,26+,27-/m1/s1. The second-order valence-electron chi connectivity index (χ2n) is 11.3. The van der Waals surface area contributed by atoms with Crippen molar-refractivity contribution < 1.29 is 9.90 Å². The fraction of sp³-hybridized carbons (Fsp3) is 0.815. The number of hydrogen-bond acceptors (Lipinski definition) is 2. The molecule has 1 N–H and O–H groups in total. The van der Waals surface area contributed by atoms with E-state index < -0.39 is 0 Å². The first-order valence-electron chi connectivity index (χ1n) is 12.4. The molecule has 9 atom stereocenters. The van der Waals surface area contributed by atoms with Crippen LogP contribution in [0, 0.1) is 46.3 Å². The minimum atomic E-state index is -0.0859. The lowest BCUT2D eigenvalue weighted by Gasteiger charge is -2.62. The maximum atomic E-state index is 11.3. The molecule has 29 heavy (non-hydrogen) atoms. The van der Waals surface area contributed by atoms with Crippen molar-refractivity contribution >= 4 is 6.29 Å².